The number of benzene rings is 6. The van der Waals surface area contributed by atoms with Crippen LogP contribution in [0, 0.1) is 39.9 Å². The normalized spacial score (nSPS) is 15.0. The van der Waals surface area contributed by atoms with Crippen LogP contribution >= 0.6 is 0 Å². The zero-order valence-corrected chi connectivity index (χ0v) is 27.7. The predicted molar refractivity (Wildman–Crippen MR) is 204 cm³/mol. The maximum absolute atomic E-state index is 10.4. The molecule has 1 aliphatic carbocycles. The van der Waals surface area contributed by atoms with Crippen LogP contribution in [0.25, 0.3) is 72.4 Å². The summed E-state index contributed by atoms with van der Waals surface area (Å²) in [6.45, 7) is 2.10. The van der Waals surface area contributed by atoms with Crippen LogP contribution in [0.4, 0.5) is 0 Å². The monoisotopic (exact) mass is 651 g/mol. The van der Waals surface area contributed by atoms with E-state index < -0.39 is 0 Å². The lowest BCUT2D eigenvalue weighted by Crippen LogP contribution is -2.14. The zero-order chi connectivity index (χ0) is 34.6. The average Bonchev–Trinajstić information content (AvgIpc) is 3.70. The number of nitrogens with zero attached hydrogens (tertiary/aromatic N) is 5. The zero-order valence-electron chi connectivity index (χ0n) is 27.7. The molecule has 0 radical (unpaired) electrons. The number of para-hydroxylation sites is 2. The van der Waals surface area contributed by atoms with Crippen molar-refractivity contribution < 1.29 is 0 Å². The number of fused-ring (bicyclic) bond motifs is 6. The fourth-order valence-electron chi connectivity index (χ4n) is 7.94. The minimum atomic E-state index is -0.266. The summed E-state index contributed by atoms with van der Waals surface area (Å²) in [7, 11) is 0. The van der Waals surface area contributed by atoms with Crippen molar-refractivity contribution in [1.82, 2.24) is 9.13 Å². The molecule has 0 amide bonds. The van der Waals surface area contributed by atoms with Crippen molar-refractivity contribution in [1.29, 1.82) is 15.8 Å². The summed E-state index contributed by atoms with van der Waals surface area (Å²) in [6, 6.07) is 52.4. The molecule has 0 saturated heterocycles. The molecule has 0 N–H and O–H groups in total. The van der Waals surface area contributed by atoms with Gasteiger partial charge in [0.15, 0.2) is 0 Å². The molecule has 2 unspecified atom stereocenters. The van der Waals surface area contributed by atoms with Gasteiger partial charge in [0.1, 0.15) is 0 Å². The van der Waals surface area contributed by atoms with E-state index in [0.29, 0.717) is 11.1 Å². The minimum Gasteiger partial charge on any atom is -0.312 e. The predicted octanol–water partition coefficient (Wildman–Crippen LogP) is 11.1. The number of hydrogen-bond donors (Lipinski definition) is 0. The van der Waals surface area contributed by atoms with Crippen molar-refractivity contribution in [2.75, 3.05) is 0 Å². The minimum absolute atomic E-state index is 0.0998. The van der Waals surface area contributed by atoms with E-state index in [1.165, 1.54) is 0 Å². The Morgan fingerprint density at radius 3 is 2.04 bits per heavy atom. The largest absolute Gasteiger partial charge is 0.312 e. The molecule has 0 bridgehead atoms. The lowest BCUT2D eigenvalue weighted by molar-refractivity contribution is 0.622. The molecular formula is C46H29N5. The van der Waals surface area contributed by atoms with Gasteiger partial charge < -0.3 is 9.13 Å². The second-order valence-electron chi connectivity index (χ2n) is 13.1. The lowest BCUT2D eigenvalue weighted by Gasteiger charge is -2.23. The van der Waals surface area contributed by atoms with Gasteiger partial charge in [-0.2, -0.15) is 15.8 Å². The molecule has 0 spiro atoms. The van der Waals surface area contributed by atoms with Crippen molar-refractivity contribution in [2.45, 2.75) is 12.8 Å². The Bertz CT molecular complexity index is 2880. The molecule has 9 rings (SSSR count). The Balaban J connectivity index is 1.23. The van der Waals surface area contributed by atoms with Gasteiger partial charge >= 0.3 is 0 Å². The van der Waals surface area contributed by atoms with Crippen molar-refractivity contribution >= 4 is 38.8 Å². The van der Waals surface area contributed by atoms with Gasteiger partial charge in [-0.3, -0.25) is 0 Å². The Kier molecular flexibility index (Phi) is 6.92. The molecule has 0 fully saturated rings. The Morgan fingerprint density at radius 1 is 0.569 bits per heavy atom. The van der Waals surface area contributed by atoms with E-state index in [4.69, 9.17) is 0 Å². The maximum atomic E-state index is 10.4. The van der Waals surface area contributed by atoms with Crippen LogP contribution in [0.15, 0.2) is 140 Å². The van der Waals surface area contributed by atoms with E-state index >= 15 is 0 Å². The molecule has 2 aromatic heterocycles. The van der Waals surface area contributed by atoms with Crippen molar-refractivity contribution in [2.24, 2.45) is 5.92 Å². The standard InChI is InChI=1S/C46H29N5/c1-29-19-21-38-36-14-2-4-16-41(36)50(46(38)40(29)28-49)35-13-7-10-32(25-35)31-9-6-11-33(24-31)45-34(27-48)12-8-18-44(45)51-42-17-5-3-15-37(42)39-23-30(26-47)20-22-43(39)51/h2-25,29,40H,1H3. The van der Waals surface area contributed by atoms with Crippen LogP contribution < -0.4 is 0 Å². The molecule has 51 heavy (non-hydrogen) atoms. The third-order valence-corrected chi connectivity index (χ3v) is 10.3. The number of allylic oxidation sites excluding steroid dienone is 1. The van der Waals surface area contributed by atoms with E-state index in [0.717, 1.165) is 77.6 Å². The van der Waals surface area contributed by atoms with Gasteiger partial charge in [-0.15, -0.1) is 0 Å². The molecular weight excluding hydrogens is 623 g/mol. The SMILES string of the molecule is CC1C=Cc2c(n(-c3cccc(-c4cccc(-c5c(C#N)cccc5-n5c6ccccc6c6cc(C#N)ccc65)c4)c3)c3ccccc23)C1C#N. The highest BCUT2D eigenvalue weighted by Gasteiger charge is 2.30. The topological polar surface area (TPSA) is 81.2 Å². The molecule has 5 nitrogen and oxygen atoms in total. The van der Waals surface area contributed by atoms with Crippen LogP contribution in [0.2, 0.25) is 0 Å². The molecule has 1 aliphatic rings. The Labute approximate surface area is 295 Å². The number of nitriles is 3. The summed E-state index contributed by atoms with van der Waals surface area (Å²) >= 11 is 0. The van der Waals surface area contributed by atoms with Crippen LogP contribution in [-0.2, 0) is 0 Å². The molecule has 0 aliphatic heterocycles. The molecule has 6 aromatic carbocycles. The first-order valence-corrected chi connectivity index (χ1v) is 17.0. The third-order valence-electron chi connectivity index (χ3n) is 10.3. The summed E-state index contributed by atoms with van der Waals surface area (Å²) in [6.07, 6.45) is 4.31. The lowest BCUT2D eigenvalue weighted by atomic mass is 9.84. The first-order valence-electron chi connectivity index (χ1n) is 17.0. The Hall–Kier alpha value is -7.13. The van der Waals surface area contributed by atoms with E-state index in [-0.39, 0.29) is 11.8 Å². The summed E-state index contributed by atoms with van der Waals surface area (Å²) < 4.78 is 4.46. The van der Waals surface area contributed by atoms with Gasteiger partial charge in [0.2, 0.25) is 0 Å². The van der Waals surface area contributed by atoms with E-state index in [9.17, 15) is 15.8 Å². The van der Waals surface area contributed by atoms with Crippen LogP contribution in [0.3, 0.4) is 0 Å². The van der Waals surface area contributed by atoms with Gasteiger partial charge in [0, 0.05) is 38.7 Å². The fraction of sp³-hybridized carbons (Fsp3) is 0.0652. The second kappa shape index (κ2) is 11.8. The van der Waals surface area contributed by atoms with Crippen LogP contribution in [0.1, 0.15) is 35.2 Å². The van der Waals surface area contributed by atoms with Crippen molar-refractivity contribution in [3.8, 4) is 51.8 Å². The number of aromatic nitrogens is 2. The molecule has 0 saturated carbocycles. The van der Waals surface area contributed by atoms with Crippen molar-refractivity contribution in [3.63, 3.8) is 0 Å². The summed E-state index contributed by atoms with van der Waals surface area (Å²) in [4.78, 5) is 0. The highest BCUT2D eigenvalue weighted by Crippen LogP contribution is 2.43. The first-order chi connectivity index (χ1) is 25.1. The smallest absolute Gasteiger partial charge is 0.0998 e. The van der Waals surface area contributed by atoms with Gasteiger partial charge in [-0.25, -0.2) is 0 Å². The van der Waals surface area contributed by atoms with E-state index in [1.54, 1.807) is 0 Å². The summed E-state index contributed by atoms with van der Waals surface area (Å²) in [5.41, 5.74) is 12.1. The quantitative estimate of drug-likeness (QED) is 0.190. The van der Waals surface area contributed by atoms with Gasteiger partial charge in [0.05, 0.1) is 57.5 Å². The molecule has 2 atom stereocenters. The summed E-state index contributed by atoms with van der Waals surface area (Å²) in [5.74, 6) is -0.166. The van der Waals surface area contributed by atoms with Crippen LogP contribution in [0.5, 0.6) is 0 Å². The molecule has 2 heterocycles. The van der Waals surface area contributed by atoms with E-state index in [2.05, 4.69) is 131 Å². The third kappa shape index (κ3) is 4.59. The van der Waals surface area contributed by atoms with Gasteiger partial charge in [-0.1, -0.05) is 91.9 Å². The van der Waals surface area contributed by atoms with Crippen LogP contribution in [-0.4, -0.2) is 9.13 Å². The van der Waals surface area contributed by atoms with Gasteiger partial charge in [0.25, 0.3) is 0 Å². The first kappa shape index (κ1) is 30.0. The van der Waals surface area contributed by atoms with Gasteiger partial charge in [-0.05, 0) is 83.3 Å². The average molecular weight is 652 g/mol. The second-order valence-corrected chi connectivity index (χ2v) is 13.1. The van der Waals surface area contributed by atoms with Crippen molar-refractivity contribution in [3.05, 3.63) is 162 Å². The summed E-state index contributed by atoms with van der Waals surface area (Å²) in [5, 5.41) is 33.6. The number of rotatable bonds is 4. The highest BCUT2D eigenvalue weighted by molar-refractivity contribution is 6.10. The Morgan fingerprint density at radius 2 is 1.25 bits per heavy atom. The molecule has 5 heteroatoms. The highest BCUT2D eigenvalue weighted by atomic mass is 15.0. The van der Waals surface area contributed by atoms with E-state index in [1.807, 2.05) is 48.5 Å². The molecule has 8 aromatic rings. The molecule has 238 valence electrons. The number of hydrogen-bond acceptors (Lipinski definition) is 3. The fourth-order valence-corrected chi connectivity index (χ4v) is 7.94. The maximum Gasteiger partial charge on any atom is 0.0998 e.